The first-order valence-electron chi connectivity index (χ1n) is 7.36. The molecule has 0 atom stereocenters. The van der Waals surface area contributed by atoms with Crippen LogP contribution in [-0.2, 0) is 9.31 Å². The average molecular weight is 311 g/mol. The van der Waals surface area contributed by atoms with Crippen LogP contribution in [0.15, 0.2) is 30.7 Å². The van der Waals surface area contributed by atoms with E-state index in [9.17, 15) is 5.11 Å². The molecule has 1 N–H and O–H groups in total. The largest absolute Gasteiger partial charge is 0.508 e. The van der Waals surface area contributed by atoms with Gasteiger partial charge in [0.25, 0.3) is 0 Å². The van der Waals surface area contributed by atoms with E-state index in [1.165, 1.54) is 6.33 Å². The maximum absolute atomic E-state index is 10.4. The van der Waals surface area contributed by atoms with Crippen LogP contribution in [0.3, 0.4) is 0 Å². The molecule has 1 aromatic heterocycles. The normalized spacial score (nSPS) is 18.8. The quantitative estimate of drug-likeness (QED) is 0.855. The van der Waals surface area contributed by atoms with Crippen molar-refractivity contribution >= 4 is 12.6 Å². The summed E-state index contributed by atoms with van der Waals surface area (Å²) in [7, 11) is -0.619. The van der Waals surface area contributed by atoms with E-state index in [2.05, 4.69) is 4.98 Å². The van der Waals surface area contributed by atoms with Crippen LogP contribution in [0.2, 0.25) is 0 Å². The molecule has 1 saturated heterocycles. The number of phenolic OH excluding ortho intramolecular Hbond substituents is 1. The van der Waals surface area contributed by atoms with Crippen LogP contribution in [0, 0.1) is 11.3 Å². The lowest BCUT2D eigenvalue weighted by Gasteiger charge is -2.32. The van der Waals surface area contributed by atoms with Crippen molar-refractivity contribution in [3.05, 3.63) is 36.4 Å². The Bertz CT molecular complexity index is 776. The van der Waals surface area contributed by atoms with Gasteiger partial charge in [0, 0.05) is 17.7 Å². The molecular weight excluding hydrogens is 293 g/mol. The Morgan fingerprint density at radius 3 is 2.39 bits per heavy atom. The molecule has 6 nitrogen and oxygen atoms in total. The minimum Gasteiger partial charge on any atom is -0.508 e. The van der Waals surface area contributed by atoms with E-state index in [-0.39, 0.29) is 5.75 Å². The predicted octanol–water partition coefficient (Wildman–Crippen LogP) is 1.75. The summed E-state index contributed by atoms with van der Waals surface area (Å²) in [6.07, 6.45) is 3.13. The Labute approximate surface area is 135 Å². The molecule has 0 saturated carbocycles. The molecule has 23 heavy (non-hydrogen) atoms. The molecule has 1 aromatic carbocycles. The molecule has 118 valence electrons. The van der Waals surface area contributed by atoms with Crippen molar-refractivity contribution in [2.75, 3.05) is 0 Å². The molecule has 0 unspecified atom stereocenters. The fourth-order valence-corrected chi connectivity index (χ4v) is 2.38. The van der Waals surface area contributed by atoms with Gasteiger partial charge in [0.15, 0.2) is 5.69 Å². The van der Waals surface area contributed by atoms with Crippen molar-refractivity contribution in [3.63, 3.8) is 0 Å². The predicted molar refractivity (Wildman–Crippen MR) is 85.7 cm³/mol. The van der Waals surface area contributed by atoms with E-state index in [0.717, 1.165) is 0 Å². The van der Waals surface area contributed by atoms with Gasteiger partial charge in [0.05, 0.1) is 16.9 Å². The van der Waals surface area contributed by atoms with Gasteiger partial charge in [-0.05, 0) is 33.8 Å². The molecule has 1 aliphatic rings. The van der Waals surface area contributed by atoms with Gasteiger partial charge in [0.1, 0.15) is 18.1 Å². The Kier molecular flexibility index (Phi) is 3.47. The topological polar surface area (TPSA) is 80.3 Å². The molecular formula is C16H18BN3O3. The second-order valence-corrected chi connectivity index (χ2v) is 6.61. The maximum atomic E-state index is 10.4. The van der Waals surface area contributed by atoms with Crippen molar-refractivity contribution in [2.45, 2.75) is 38.9 Å². The Hall–Kier alpha value is -2.30. The number of aromatic nitrogens is 2. The second kappa shape index (κ2) is 5.12. The zero-order valence-electron chi connectivity index (χ0n) is 13.6. The Balaban J connectivity index is 1.91. The average Bonchev–Trinajstić information content (AvgIpc) is 3.01. The lowest BCUT2D eigenvalue weighted by Crippen LogP contribution is -2.41. The number of benzene rings is 1. The summed E-state index contributed by atoms with van der Waals surface area (Å²) in [5.74, 6) is 0.0770. The Morgan fingerprint density at radius 2 is 1.87 bits per heavy atom. The van der Waals surface area contributed by atoms with E-state index in [4.69, 9.17) is 14.6 Å². The number of hydrogen-bond acceptors (Lipinski definition) is 5. The minimum absolute atomic E-state index is 0.0770. The molecule has 0 bridgehead atoms. The van der Waals surface area contributed by atoms with Crippen molar-refractivity contribution in [2.24, 2.45) is 0 Å². The van der Waals surface area contributed by atoms with Gasteiger partial charge in [-0.25, -0.2) is 4.98 Å². The lowest BCUT2D eigenvalue weighted by molar-refractivity contribution is 0.00578. The van der Waals surface area contributed by atoms with Gasteiger partial charge < -0.3 is 19.0 Å². The number of nitrogens with zero attached hydrogens (tertiary/aromatic N) is 3. The molecule has 2 heterocycles. The minimum atomic E-state index is -0.619. The highest BCUT2D eigenvalue weighted by Gasteiger charge is 2.52. The second-order valence-electron chi connectivity index (χ2n) is 6.61. The molecule has 2 aromatic rings. The third-order valence-electron chi connectivity index (χ3n) is 4.52. The Morgan fingerprint density at radius 1 is 1.22 bits per heavy atom. The van der Waals surface area contributed by atoms with Crippen LogP contribution in [0.25, 0.3) is 5.69 Å². The number of rotatable bonds is 2. The SMILES string of the molecule is CC1(C)OB(c2ccc(-n3cnc(C#N)c3)cc2O)OC1(C)C. The molecule has 0 aliphatic carbocycles. The standard InChI is InChI=1S/C16H18BN3O3/c1-15(2)16(3,4)23-17(22-15)13-6-5-12(7-14(13)21)20-9-11(8-18)19-10-20/h5-7,9-10,21H,1-4H3. The van der Waals surface area contributed by atoms with E-state index in [1.54, 1.807) is 22.9 Å². The highest BCUT2D eigenvalue weighted by molar-refractivity contribution is 6.63. The van der Waals surface area contributed by atoms with Gasteiger partial charge in [-0.3, -0.25) is 0 Å². The number of nitriles is 1. The van der Waals surface area contributed by atoms with E-state index < -0.39 is 18.3 Å². The van der Waals surface area contributed by atoms with Crippen molar-refractivity contribution < 1.29 is 14.4 Å². The zero-order chi connectivity index (χ0) is 16.8. The first-order valence-corrected chi connectivity index (χ1v) is 7.36. The van der Waals surface area contributed by atoms with Gasteiger partial charge >= 0.3 is 7.12 Å². The molecule has 0 spiro atoms. The first kappa shape index (κ1) is 15.6. The third kappa shape index (κ3) is 2.60. The van der Waals surface area contributed by atoms with E-state index in [0.29, 0.717) is 16.8 Å². The number of phenols is 1. The molecule has 0 radical (unpaired) electrons. The highest BCUT2D eigenvalue weighted by atomic mass is 16.7. The van der Waals surface area contributed by atoms with E-state index >= 15 is 0 Å². The van der Waals surface area contributed by atoms with Gasteiger partial charge in [-0.15, -0.1) is 0 Å². The van der Waals surface area contributed by atoms with Gasteiger partial charge in [-0.2, -0.15) is 5.26 Å². The van der Waals surface area contributed by atoms with Crippen molar-refractivity contribution in [1.82, 2.24) is 9.55 Å². The number of hydrogen-bond donors (Lipinski definition) is 1. The summed E-state index contributed by atoms with van der Waals surface area (Å²) in [5, 5.41) is 19.2. The summed E-state index contributed by atoms with van der Waals surface area (Å²) in [5.41, 5.74) is 0.674. The summed E-state index contributed by atoms with van der Waals surface area (Å²) < 4.78 is 13.6. The van der Waals surface area contributed by atoms with Crippen molar-refractivity contribution in [1.29, 1.82) is 5.26 Å². The summed E-state index contributed by atoms with van der Waals surface area (Å²) in [4.78, 5) is 3.95. The van der Waals surface area contributed by atoms with Gasteiger partial charge in [0.2, 0.25) is 0 Å². The summed E-state index contributed by atoms with van der Waals surface area (Å²) >= 11 is 0. The fraction of sp³-hybridized carbons (Fsp3) is 0.375. The van der Waals surface area contributed by atoms with Gasteiger partial charge in [-0.1, -0.05) is 6.07 Å². The van der Waals surface area contributed by atoms with Crippen LogP contribution >= 0.6 is 0 Å². The number of aromatic hydroxyl groups is 1. The highest BCUT2D eigenvalue weighted by Crippen LogP contribution is 2.37. The molecule has 0 amide bonds. The molecule has 7 heteroatoms. The summed E-state index contributed by atoms with van der Waals surface area (Å²) in [6, 6.07) is 7.16. The molecule has 1 fully saturated rings. The van der Waals surface area contributed by atoms with Crippen LogP contribution in [0.1, 0.15) is 33.4 Å². The van der Waals surface area contributed by atoms with E-state index in [1.807, 2.05) is 39.8 Å². The molecule has 3 rings (SSSR count). The maximum Gasteiger partial charge on any atom is 0.498 e. The first-order chi connectivity index (χ1) is 10.7. The van der Waals surface area contributed by atoms with Crippen LogP contribution < -0.4 is 5.46 Å². The summed E-state index contributed by atoms with van der Waals surface area (Å²) in [6.45, 7) is 7.86. The fourth-order valence-electron chi connectivity index (χ4n) is 2.38. The monoisotopic (exact) mass is 311 g/mol. The number of imidazole rings is 1. The zero-order valence-corrected chi connectivity index (χ0v) is 13.6. The smallest absolute Gasteiger partial charge is 0.498 e. The van der Waals surface area contributed by atoms with Crippen LogP contribution in [0.4, 0.5) is 0 Å². The lowest BCUT2D eigenvalue weighted by atomic mass is 9.78. The van der Waals surface area contributed by atoms with Crippen LogP contribution in [-0.4, -0.2) is 33.0 Å². The molecule has 1 aliphatic heterocycles. The van der Waals surface area contributed by atoms with Crippen molar-refractivity contribution in [3.8, 4) is 17.5 Å². The van der Waals surface area contributed by atoms with Crippen LogP contribution in [0.5, 0.6) is 5.75 Å². The third-order valence-corrected chi connectivity index (χ3v) is 4.52.